The summed E-state index contributed by atoms with van der Waals surface area (Å²) in [4.78, 5) is 32.3. The van der Waals surface area contributed by atoms with Crippen molar-refractivity contribution in [3.05, 3.63) is 82.6 Å². The van der Waals surface area contributed by atoms with Gasteiger partial charge in [-0.1, -0.05) is 12.1 Å². The average molecular weight is 531 g/mol. The van der Waals surface area contributed by atoms with Crippen molar-refractivity contribution in [1.82, 2.24) is 19.9 Å². The summed E-state index contributed by atoms with van der Waals surface area (Å²) in [5.41, 5.74) is 5.44. The van der Waals surface area contributed by atoms with Gasteiger partial charge in [-0.2, -0.15) is 5.10 Å². The molecule has 1 fully saturated rings. The first kappa shape index (κ1) is 26.3. The number of aryl methyl sites for hydroxylation is 2. The molecular formula is C29H31FN6O3. The van der Waals surface area contributed by atoms with Crippen LogP contribution >= 0.6 is 0 Å². The zero-order valence-corrected chi connectivity index (χ0v) is 22.3. The minimum absolute atomic E-state index is 0.0725. The SMILES string of the molecule is CCNC(=O)c1cn2ncnc(Nc3cc(C(=O)Cc4cc(F)cc(N5CCOCC5)c4)ccc3C)c2c1C. The summed E-state index contributed by atoms with van der Waals surface area (Å²) < 4.78 is 21.4. The maximum Gasteiger partial charge on any atom is 0.253 e. The smallest absolute Gasteiger partial charge is 0.253 e. The summed E-state index contributed by atoms with van der Waals surface area (Å²) in [7, 11) is 0. The highest BCUT2D eigenvalue weighted by Crippen LogP contribution is 2.28. The maximum atomic E-state index is 14.4. The highest BCUT2D eigenvalue weighted by atomic mass is 19.1. The molecule has 1 aliphatic heterocycles. The molecule has 3 heterocycles. The molecule has 1 aliphatic rings. The Balaban J connectivity index is 1.40. The number of amides is 1. The van der Waals surface area contributed by atoms with Crippen LogP contribution in [0.1, 0.15) is 44.3 Å². The van der Waals surface area contributed by atoms with E-state index < -0.39 is 0 Å². The fourth-order valence-electron chi connectivity index (χ4n) is 4.82. The summed E-state index contributed by atoms with van der Waals surface area (Å²) in [5, 5.41) is 10.4. The third-order valence-corrected chi connectivity index (χ3v) is 6.90. The fourth-order valence-corrected chi connectivity index (χ4v) is 4.82. The van der Waals surface area contributed by atoms with Crippen LogP contribution in [0.2, 0.25) is 0 Å². The summed E-state index contributed by atoms with van der Waals surface area (Å²) in [5.74, 6) is -0.146. The number of benzene rings is 2. The number of carbonyl (C=O) groups excluding carboxylic acids is 2. The predicted octanol–water partition coefficient (Wildman–Crippen LogP) is 4.24. The summed E-state index contributed by atoms with van der Waals surface area (Å²) in [6.45, 7) is 8.73. The van der Waals surface area contributed by atoms with Gasteiger partial charge in [0.05, 0.1) is 18.8 Å². The molecule has 0 unspecified atom stereocenters. The van der Waals surface area contributed by atoms with Crippen LogP contribution in [-0.2, 0) is 11.2 Å². The number of nitrogens with zero attached hydrogens (tertiary/aromatic N) is 4. The van der Waals surface area contributed by atoms with Gasteiger partial charge < -0.3 is 20.3 Å². The first-order valence-electron chi connectivity index (χ1n) is 13.0. The largest absolute Gasteiger partial charge is 0.378 e. The molecule has 9 nitrogen and oxygen atoms in total. The van der Waals surface area contributed by atoms with Crippen molar-refractivity contribution in [3.63, 3.8) is 0 Å². The van der Waals surface area contributed by atoms with Gasteiger partial charge in [0.25, 0.3) is 5.91 Å². The van der Waals surface area contributed by atoms with E-state index >= 15 is 0 Å². The lowest BCUT2D eigenvalue weighted by molar-refractivity contribution is 0.0953. The number of anilines is 3. The lowest BCUT2D eigenvalue weighted by Gasteiger charge is -2.29. The molecular weight excluding hydrogens is 499 g/mol. The number of fused-ring (bicyclic) bond motifs is 1. The van der Waals surface area contributed by atoms with E-state index in [9.17, 15) is 14.0 Å². The molecule has 4 aromatic rings. The molecule has 1 saturated heterocycles. The van der Waals surface area contributed by atoms with Crippen LogP contribution in [0, 0.1) is 19.7 Å². The van der Waals surface area contributed by atoms with Crippen LogP contribution in [0.4, 0.5) is 21.6 Å². The highest BCUT2D eigenvalue weighted by molar-refractivity contribution is 6.00. The number of halogens is 1. The van der Waals surface area contributed by atoms with Gasteiger partial charge in [0.15, 0.2) is 11.6 Å². The Kier molecular flexibility index (Phi) is 7.56. The molecule has 0 bridgehead atoms. The van der Waals surface area contributed by atoms with Crippen molar-refractivity contribution in [1.29, 1.82) is 0 Å². The fraction of sp³-hybridized carbons (Fsp3) is 0.310. The van der Waals surface area contributed by atoms with E-state index in [2.05, 4.69) is 25.6 Å². The molecule has 10 heteroatoms. The molecule has 2 N–H and O–H groups in total. The topological polar surface area (TPSA) is 101 Å². The van der Waals surface area contributed by atoms with Gasteiger partial charge >= 0.3 is 0 Å². The predicted molar refractivity (Wildman–Crippen MR) is 148 cm³/mol. The van der Waals surface area contributed by atoms with Crippen LogP contribution in [0.3, 0.4) is 0 Å². The minimum atomic E-state index is -0.365. The van der Waals surface area contributed by atoms with Crippen LogP contribution in [0.15, 0.2) is 48.9 Å². The third-order valence-electron chi connectivity index (χ3n) is 6.90. The van der Waals surface area contributed by atoms with E-state index in [4.69, 9.17) is 4.74 Å². The third kappa shape index (κ3) is 5.61. The number of ketones is 1. The van der Waals surface area contributed by atoms with Crippen LogP contribution in [-0.4, -0.2) is 59.1 Å². The number of rotatable bonds is 8. The van der Waals surface area contributed by atoms with Gasteiger partial charge in [-0.25, -0.2) is 13.9 Å². The van der Waals surface area contributed by atoms with Gasteiger partial charge in [0.1, 0.15) is 17.7 Å². The Morgan fingerprint density at radius 3 is 2.67 bits per heavy atom. The summed E-state index contributed by atoms with van der Waals surface area (Å²) in [6.07, 6.45) is 3.17. The molecule has 0 aliphatic carbocycles. The molecule has 2 aromatic heterocycles. The number of Topliss-reactive ketones (excluding diaryl/α,β-unsaturated/α-hetero) is 1. The number of hydrogen-bond donors (Lipinski definition) is 2. The van der Waals surface area contributed by atoms with E-state index in [0.29, 0.717) is 66.6 Å². The molecule has 0 radical (unpaired) electrons. The summed E-state index contributed by atoms with van der Waals surface area (Å²) >= 11 is 0. The Bertz CT molecular complexity index is 1540. The van der Waals surface area contributed by atoms with Crippen molar-refractivity contribution < 1.29 is 18.7 Å². The molecule has 0 saturated carbocycles. The van der Waals surface area contributed by atoms with Crippen molar-refractivity contribution in [2.75, 3.05) is 43.1 Å². The molecule has 39 heavy (non-hydrogen) atoms. The van der Waals surface area contributed by atoms with Crippen molar-refractivity contribution >= 4 is 34.4 Å². The van der Waals surface area contributed by atoms with E-state index in [0.717, 1.165) is 16.8 Å². The van der Waals surface area contributed by atoms with E-state index in [1.165, 1.54) is 18.5 Å². The van der Waals surface area contributed by atoms with Crippen molar-refractivity contribution in [3.8, 4) is 0 Å². The van der Waals surface area contributed by atoms with Crippen molar-refractivity contribution in [2.24, 2.45) is 0 Å². The first-order chi connectivity index (χ1) is 18.8. The molecule has 5 rings (SSSR count). The normalized spacial score (nSPS) is 13.5. The Morgan fingerprint density at radius 1 is 1.10 bits per heavy atom. The molecule has 1 amide bonds. The second kappa shape index (κ2) is 11.2. The standard InChI is InChI=1S/C29H31FN6O3/c1-4-31-29(38)24-16-36-27(19(24)3)28(32-17-33-36)34-25-14-21(6-5-18(25)2)26(37)13-20-11-22(30)15-23(12-20)35-7-9-39-10-8-35/h5-6,11-12,14-17H,4,7-10,13H2,1-3H3,(H,31,38)(H,32,33,34). The summed E-state index contributed by atoms with van der Waals surface area (Å²) in [6, 6.07) is 10.2. The van der Waals surface area contributed by atoms with Gasteiger partial charge in [0.2, 0.25) is 0 Å². The Morgan fingerprint density at radius 2 is 1.90 bits per heavy atom. The molecule has 2 aromatic carbocycles. The number of morpholine rings is 1. The monoisotopic (exact) mass is 530 g/mol. The van der Waals surface area contributed by atoms with E-state index in [1.807, 2.05) is 32.9 Å². The van der Waals surface area contributed by atoms with Crippen LogP contribution in [0.5, 0.6) is 0 Å². The highest BCUT2D eigenvalue weighted by Gasteiger charge is 2.19. The number of hydrogen-bond acceptors (Lipinski definition) is 7. The van der Waals surface area contributed by atoms with Gasteiger partial charge in [-0.3, -0.25) is 9.59 Å². The second-order valence-electron chi connectivity index (χ2n) is 9.60. The van der Waals surface area contributed by atoms with Crippen molar-refractivity contribution in [2.45, 2.75) is 27.2 Å². The quantitative estimate of drug-likeness (QED) is 0.329. The van der Waals surface area contributed by atoms with Gasteiger partial charge in [-0.15, -0.1) is 0 Å². The van der Waals surface area contributed by atoms with E-state index in [-0.39, 0.29) is 23.9 Å². The Hall–Kier alpha value is -4.31. The number of carbonyl (C=O) groups is 2. The minimum Gasteiger partial charge on any atom is -0.378 e. The van der Waals surface area contributed by atoms with E-state index in [1.54, 1.807) is 22.8 Å². The molecule has 202 valence electrons. The molecule has 0 atom stereocenters. The second-order valence-corrected chi connectivity index (χ2v) is 9.60. The number of ether oxygens (including phenoxy) is 1. The maximum absolute atomic E-state index is 14.4. The average Bonchev–Trinajstić information content (AvgIpc) is 3.27. The Labute approximate surface area is 226 Å². The lowest BCUT2D eigenvalue weighted by Crippen LogP contribution is -2.36. The van der Waals surface area contributed by atoms with Gasteiger partial charge in [0, 0.05) is 49.2 Å². The zero-order valence-electron chi connectivity index (χ0n) is 22.3. The van der Waals surface area contributed by atoms with Crippen LogP contribution in [0.25, 0.3) is 5.52 Å². The van der Waals surface area contributed by atoms with Gasteiger partial charge in [-0.05, 0) is 61.7 Å². The number of aromatic nitrogens is 3. The first-order valence-corrected chi connectivity index (χ1v) is 13.0. The lowest BCUT2D eigenvalue weighted by atomic mass is 10.00. The zero-order chi connectivity index (χ0) is 27.5. The molecule has 0 spiro atoms. The number of nitrogens with one attached hydrogen (secondary N) is 2. The van der Waals surface area contributed by atoms with Crippen LogP contribution < -0.4 is 15.5 Å².